The van der Waals surface area contributed by atoms with Crippen LogP contribution in [0.2, 0.25) is 0 Å². The Morgan fingerprint density at radius 3 is 2.71 bits per heavy atom. The zero-order valence-electron chi connectivity index (χ0n) is 11.8. The Hall–Kier alpha value is -1.97. The highest BCUT2D eigenvalue weighted by Crippen LogP contribution is 2.31. The predicted octanol–water partition coefficient (Wildman–Crippen LogP) is 4.92. The van der Waals surface area contributed by atoms with Crippen LogP contribution in [-0.4, -0.2) is 21.3 Å². The van der Waals surface area contributed by atoms with Crippen molar-refractivity contribution in [3.8, 4) is 11.5 Å². The molecule has 0 saturated carbocycles. The Balaban J connectivity index is 1.82. The molecular weight excluding hydrogens is 419 g/mol. The highest BCUT2D eigenvalue weighted by Gasteiger charge is 2.16. The summed E-state index contributed by atoms with van der Waals surface area (Å²) in [5.74, 6) is -1.27. The lowest BCUT2D eigenvalue weighted by atomic mass is 10.2. The predicted molar refractivity (Wildman–Crippen MR) is 93.2 cm³/mol. The van der Waals surface area contributed by atoms with E-state index >= 15 is 0 Å². The largest absolute Gasteiger partial charge is 0.477 e. The summed E-state index contributed by atoms with van der Waals surface area (Å²) in [6.45, 7) is 0. The van der Waals surface area contributed by atoms with E-state index in [1.807, 2.05) is 11.4 Å². The number of aliphatic carboxylic acids is 1. The van der Waals surface area contributed by atoms with Crippen LogP contribution in [0.5, 0.6) is 0 Å². The third-order valence-electron chi connectivity index (χ3n) is 2.77. The zero-order chi connectivity index (χ0) is 17.1. The minimum atomic E-state index is -1.09. The molecule has 0 unspecified atom stereocenters. The van der Waals surface area contributed by atoms with E-state index < -0.39 is 5.97 Å². The van der Waals surface area contributed by atoms with Crippen molar-refractivity contribution in [2.75, 3.05) is 0 Å². The van der Waals surface area contributed by atoms with Crippen LogP contribution in [0.25, 0.3) is 17.5 Å². The number of carbonyl (C=O) groups is 1. The van der Waals surface area contributed by atoms with Gasteiger partial charge >= 0.3 is 5.97 Å². The zero-order valence-corrected chi connectivity index (χ0v) is 15.0. The molecule has 3 aromatic rings. The van der Waals surface area contributed by atoms with Crippen molar-refractivity contribution < 1.29 is 18.7 Å². The van der Waals surface area contributed by atoms with Crippen LogP contribution >= 0.6 is 39.0 Å². The molecule has 0 radical (unpaired) electrons. The lowest BCUT2D eigenvalue weighted by Gasteiger charge is -1.97. The average Bonchev–Trinajstić information content (AvgIpc) is 3.17. The summed E-state index contributed by atoms with van der Waals surface area (Å²) in [4.78, 5) is 12.2. The van der Waals surface area contributed by atoms with Crippen molar-refractivity contribution in [2.24, 2.45) is 0 Å². The molecule has 122 valence electrons. The first kappa shape index (κ1) is 16.9. The molecule has 3 rings (SSSR count). The number of carboxylic acid groups (broad SMARTS) is 1. The summed E-state index contributed by atoms with van der Waals surface area (Å²) in [5, 5.41) is 19.0. The van der Waals surface area contributed by atoms with Crippen molar-refractivity contribution >= 4 is 51.1 Å². The van der Waals surface area contributed by atoms with E-state index in [1.54, 1.807) is 0 Å². The fourth-order valence-corrected chi connectivity index (χ4v) is 3.84. The number of benzene rings is 1. The normalized spacial score (nSPS) is 11.7. The van der Waals surface area contributed by atoms with Gasteiger partial charge in [-0.3, -0.25) is 0 Å². The molecule has 0 aliphatic carbocycles. The second-order valence-corrected chi connectivity index (χ2v) is 7.31. The van der Waals surface area contributed by atoms with Crippen molar-refractivity contribution in [3.63, 3.8) is 0 Å². The number of rotatable bonds is 5. The van der Waals surface area contributed by atoms with Crippen molar-refractivity contribution in [2.45, 2.75) is 5.22 Å². The Bertz CT molecular complexity index is 906. The lowest BCUT2D eigenvalue weighted by molar-refractivity contribution is -0.131. The Labute approximate surface area is 152 Å². The summed E-state index contributed by atoms with van der Waals surface area (Å²) in [6.07, 6.45) is 1.53. The molecule has 2 heterocycles. The fourth-order valence-electron chi connectivity index (χ4n) is 1.72. The monoisotopic (exact) mass is 426 g/mol. The van der Waals surface area contributed by atoms with Crippen LogP contribution in [0.3, 0.4) is 0 Å². The van der Waals surface area contributed by atoms with Crippen molar-refractivity contribution in [3.05, 3.63) is 55.8 Å². The number of thioether (sulfide) groups is 1. The minimum Gasteiger partial charge on any atom is -0.477 e. The maximum absolute atomic E-state index is 12.9. The number of carboxylic acids is 1. The van der Waals surface area contributed by atoms with Gasteiger partial charge < -0.3 is 9.52 Å². The molecule has 0 fully saturated rings. The summed E-state index contributed by atoms with van der Waals surface area (Å²) in [5.41, 5.74) is 0.554. The highest BCUT2D eigenvalue weighted by atomic mass is 79.9. The van der Waals surface area contributed by atoms with Gasteiger partial charge in [0, 0.05) is 20.3 Å². The molecule has 1 N–H and O–H groups in total. The Morgan fingerprint density at radius 1 is 1.33 bits per heavy atom. The fraction of sp³-hybridized carbons (Fsp3) is 0. The van der Waals surface area contributed by atoms with Crippen LogP contribution in [-0.2, 0) is 4.79 Å². The second kappa shape index (κ2) is 7.29. The number of halogens is 2. The van der Waals surface area contributed by atoms with Crippen LogP contribution in [0.15, 0.2) is 54.7 Å². The van der Waals surface area contributed by atoms with Gasteiger partial charge in [0.1, 0.15) is 10.7 Å². The summed E-state index contributed by atoms with van der Waals surface area (Å²) < 4.78 is 19.3. The van der Waals surface area contributed by atoms with E-state index in [2.05, 4.69) is 26.1 Å². The van der Waals surface area contributed by atoms with Gasteiger partial charge in [0.05, 0.1) is 0 Å². The van der Waals surface area contributed by atoms with E-state index in [0.29, 0.717) is 5.56 Å². The van der Waals surface area contributed by atoms with Gasteiger partial charge in [-0.15, -0.1) is 21.5 Å². The van der Waals surface area contributed by atoms with E-state index in [1.165, 1.54) is 41.7 Å². The van der Waals surface area contributed by atoms with Gasteiger partial charge in [0.2, 0.25) is 5.89 Å². The molecule has 2 aromatic heterocycles. The minimum absolute atomic E-state index is 0.0543. The Morgan fingerprint density at radius 2 is 2.08 bits per heavy atom. The van der Waals surface area contributed by atoms with Crippen LogP contribution < -0.4 is 0 Å². The Kier molecular flexibility index (Phi) is 5.12. The van der Waals surface area contributed by atoms with Crippen LogP contribution in [0, 0.1) is 5.82 Å². The standard InChI is InChI=1S/C15H8BrFN2O3S2/c16-9-5-11(23-7-9)6-12(14(20)21)24-15-19-18-13(22-15)8-1-3-10(17)4-2-8/h1-7H,(H,20,21)/b12-6+. The first-order valence-corrected chi connectivity index (χ1v) is 8.96. The summed E-state index contributed by atoms with van der Waals surface area (Å²) in [7, 11) is 0. The van der Waals surface area contributed by atoms with Gasteiger partial charge in [-0.25, -0.2) is 9.18 Å². The number of hydrogen-bond donors (Lipinski definition) is 1. The average molecular weight is 427 g/mol. The summed E-state index contributed by atoms with van der Waals surface area (Å²) >= 11 is 5.58. The maximum atomic E-state index is 12.9. The lowest BCUT2D eigenvalue weighted by Crippen LogP contribution is -1.96. The number of thiophene rings is 1. The van der Waals surface area contributed by atoms with E-state index in [9.17, 15) is 14.3 Å². The first-order valence-electron chi connectivity index (χ1n) is 6.47. The number of aromatic nitrogens is 2. The first-order chi connectivity index (χ1) is 11.5. The smallest absolute Gasteiger partial charge is 0.342 e. The van der Waals surface area contributed by atoms with Gasteiger partial charge in [0.25, 0.3) is 5.22 Å². The van der Waals surface area contributed by atoms with Gasteiger partial charge in [-0.05, 0) is 64.1 Å². The number of hydrogen-bond acceptors (Lipinski definition) is 6. The topological polar surface area (TPSA) is 76.2 Å². The van der Waals surface area contributed by atoms with Gasteiger partial charge in [0.15, 0.2) is 0 Å². The molecular formula is C15H8BrFN2O3S2. The molecule has 0 saturated heterocycles. The molecule has 0 aliphatic rings. The van der Waals surface area contributed by atoms with E-state index in [-0.39, 0.29) is 21.8 Å². The molecule has 0 amide bonds. The molecule has 24 heavy (non-hydrogen) atoms. The molecule has 0 bridgehead atoms. The van der Waals surface area contributed by atoms with E-state index in [4.69, 9.17) is 4.42 Å². The maximum Gasteiger partial charge on any atom is 0.342 e. The summed E-state index contributed by atoms with van der Waals surface area (Å²) in [6, 6.07) is 7.39. The van der Waals surface area contributed by atoms with Crippen LogP contribution in [0.1, 0.15) is 4.88 Å². The molecule has 9 heteroatoms. The third kappa shape index (κ3) is 4.11. The van der Waals surface area contributed by atoms with Crippen molar-refractivity contribution in [1.29, 1.82) is 0 Å². The van der Waals surface area contributed by atoms with Gasteiger partial charge in [-0.1, -0.05) is 0 Å². The highest BCUT2D eigenvalue weighted by molar-refractivity contribution is 9.10. The molecule has 0 atom stereocenters. The van der Waals surface area contributed by atoms with Crippen LogP contribution in [0.4, 0.5) is 4.39 Å². The van der Waals surface area contributed by atoms with Crippen molar-refractivity contribution in [1.82, 2.24) is 10.2 Å². The molecule has 1 aromatic carbocycles. The molecule has 5 nitrogen and oxygen atoms in total. The van der Waals surface area contributed by atoms with Gasteiger partial charge in [-0.2, -0.15) is 0 Å². The quantitative estimate of drug-likeness (QED) is 0.460. The SMILES string of the molecule is O=C(O)/C(=C\c1cc(Br)cs1)Sc1nnc(-c2ccc(F)cc2)o1. The van der Waals surface area contributed by atoms with E-state index in [0.717, 1.165) is 21.1 Å². The molecule has 0 spiro atoms. The number of nitrogens with zero attached hydrogens (tertiary/aromatic N) is 2. The molecule has 0 aliphatic heterocycles. The third-order valence-corrected chi connectivity index (χ3v) is 5.26. The second-order valence-electron chi connectivity index (χ2n) is 4.46.